The number of allylic oxidation sites excluding steroid dienone is 1. The third kappa shape index (κ3) is 6.14. The van der Waals surface area contributed by atoms with Gasteiger partial charge < -0.3 is 9.47 Å². The number of urea groups is 1. The lowest BCUT2D eigenvalue weighted by atomic mass is 10.0. The molecule has 0 saturated carbocycles. The molecule has 42 heavy (non-hydrogen) atoms. The molecule has 0 bridgehead atoms. The van der Waals surface area contributed by atoms with Gasteiger partial charge in [-0.1, -0.05) is 24.3 Å². The Morgan fingerprint density at radius 1 is 1.05 bits per heavy atom. The van der Waals surface area contributed by atoms with E-state index in [4.69, 9.17) is 9.47 Å². The number of anilines is 1. The van der Waals surface area contributed by atoms with Gasteiger partial charge in [-0.3, -0.25) is 25.0 Å². The van der Waals surface area contributed by atoms with Crippen LogP contribution in [0.15, 0.2) is 78.9 Å². The largest absolute Gasteiger partial charge is 0.490 e. The number of carbonyl (C=O) groups is 3. The van der Waals surface area contributed by atoms with Crippen LogP contribution in [-0.4, -0.2) is 29.4 Å². The standard InChI is InChI=1S/C29H22F3N3O7/c1-3-8-18-13-17(14-21-26(36)33-28(38)34(27(21)37)20-9-6-5-7-10-20)15-24(41-4-2)25(18)42-23-12-11-19(29(30,31)32)16-22(23)35(39)40/h3,5-7,9-16H,1,4,8H2,2H3,(H,33,36,38)/b21-14+. The lowest BCUT2D eigenvalue weighted by molar-refractivity contribution is -0.385. The van der Waals surface area contributed by atoms with Crippen LogP contribution in [0.4, 0.5) is 29.3 Å². The molecular weight excluding hydrogens is 559 g/mol. The molecule has 1 heterocycles. The van der Waals surface area contributed by atoms with E-state index in [9.17, 15) is 37.7 Å². The number of benzene rings is 3. The van der Waals surface area contributed by atoms with E-state index in [0.29, 0.717) is 17.7 Å². The van der Waals surface area contributed by atoms with Gasteiger partial charge in [-0.15, -0.1) is 6.58 Å². The zero-order valence-electron chi connectivity index (χ0n) is 21.9. The molecule has 4 rings (SSSR count). The number of halogens is 3. The Labute approximate surface area is 236 Å². The van der Waals surface area contributed by atoms with Crippen molar-refractivity contribution in [3.63, 3.8) is 0 Å². The van der Waals surface area contributed by atoms with Crippen LogP contribution in [0.3, 0.4) is 0 Å². The van der Waals surface area contributed by atoms with Crippen molar-refractivity contribution in [3.8, 4) is 17.2 Å². The fourth-order valence-corrected chi connectivity index (χ4v) is 4.12. The maximum Gasteiger partial charge on any atom is 0.416 e. The van der Waals surface area contributed by atoms with E-state index >= 15 is 0 Å². The Morgan fingerprint density at radius 2 is 1.76 bits per heavy atom. The molecule has 3 aromatic rings. The molecule has 10 nitrogen and oxygen atoms in total. The van der Waals surface area contributed by atoms with E-state index in [2.05, 4.69) is 11.9 Å². The van der Waals surface area contributed by atoms with Crippen LogP contribution < -0.4 is 19.7 Å². The van der Waals surface area contributed by atoms with Gasteiger partial charge in [0, 0.05) is 11.6 Å². The molecule has 1 saturated heterocycles. The van der Waals surface area contributed by atoms with Crippen LogP contribution in [-0.2, 0) is 22.2 Å². The van der Waals surface area contributed by atoms with Gasteiger partial charge in [0.2, 0.25) is 5.75 Å². The molecule has 0 radical (unpaired) electrons. The zero-order chi connectivity index (χ0) is 30.6. The van der Waals surface area contributed by atoms with Crippen LogP contribution in [0.2, 0.25) is 0 Å². The topological polar surface area (TPSA) is 128 Å². The normalized spacial score (nSPS) is 14.5. The predicted octanol–water partition coefficient (Wildman–Crippen LogP) is 6.20. The highest BCUT2D eigenvalue weighted by Crippen LogP contribution is 2.42. The maximum absolute atomic E-state index is 13.2. The van der Waals surface area contributed by atoms with Gasteiger partial charge in [-0.05, 0) is 61.4 Å². The summed E-state index contributed by atoms with van der Waals surface area (Å²) in [6.07, 6.45) is -1.99. The minimum atomic E-state index is -4.81. The Bertz CT molecular complexity index is 1620. The maximum atomic E-state index is 13.2. The molecular formula is C29H22F3N3O7. The van der Waals surface area contributed by atoms with Crippen molar-refractivity contribution >= 4 is 35.3 Å². The quantitative estimate of drug-likeness (QED) is 0.105. The van der Waals surface area contributed by atoms with Crippen LogP contribution >= 0.6 is 0 Å². The lowest BCUT2D eigenvalue weighted by Crippen LogP contribution is -2.54. The van der Waals surface area contributed by atoms with Crippen molar-refractivity contribution in [2.24, 2.45) is 0 Å². The molecule has 0 aliphatic carbocycles. The van der Waals surface area contributed by atoms with Crippen molar-refractivity contribution in [2.45, 2.75) is 19.5 Å². The second-order valence-corrected chi connectivity index (χ2v) is 8.77. The number of ether oxygens (including phenoxy) is 2. The van der Waals surface area contributed by atoms with Gasteiger partial charge >= 0.3 is 17.9 Å². The summed E-state index contributed by atoms with van der Waals surface area (Å²) in [5.74, 6) is -2.29. The number of nitro groups is 1. The highest BCUT2D eigenvalue weighted by molar-refractivity contribution is 6.39. The van der Waals surface area contributed by atoms with E-state index in [1.54, 1.807) is 25.1 Å². The summed E-state index contributed by atoms with van der Waals surface area (Å²) >= 11 is 0. The van der Waals surface area contributed by atoms with E-state index < -0.39 is 45.9 Å². The summed E-state index contributed by atoms with van der Waals surface area (Å²) in [7, 11) is 0. The summed E-state index contributed by atoms with van der Waals surface area (Å²) in [5, 5.41) is 13.7. The van der Waals surface area contributed by atoms with Gasteiger partial charge in [-0.25, -0.2) is 9.69 Å². The third-order valence-corrected chi connectivity index (χ3v) is 5.94. The van der Waals surface area contributed by atoms with Gasteiger partial charge in [0.05, 0.1) is 22.8 Å². The molecule has 0 unspecified atom stereocenters. The fourth-order valence-electron chi connectivity index (χ4n) is 4.12. The van der Waals surface area contributed by atoms with Crippen LogP contribution in [0.5, 0.6) is 17.2 Å². The van der Waals surface area contributed by atoms with Gasteiger partial charge in [0.15, 0.2) is 11.5 Å². The van der Waals surface area contributed by atoms with Crippen LogP contribution in [0, 0.1) is 10.1 Å². The zero-order valence-corrected chi connectivity index (χ0v) is 21.9. The Morgan fingerprint density at radius 3 is 2.38 bits per heavy atom. The fraction of sp³-hybridized carbons (Fsp3) is 0.138. The minimum Gasteiger partial charge on any atom is -0.490 e. The molecule has 0 atom stereocenters. The summed E-state index contributed by atoms with van der Waals surface area (Å²) < 4.78 is 51.0. The number of amides is 4. The molecule has 4 amide bonds. The molecule has 0 spiro atoms. The van der Waals surface area contributed by atoms with Crippen LogP contribution in [0.1, 0.15) is 23.6 Å². The number of para-hydroxylation sites is 1. The second-order valence-electron chi connectivity index (χ2n) is 8.77. The predicted molar refractivity (Wildman–Crippen MR) is 145 cm³/mol. The summed E-state index contributed by atoms with van der Waals surface area (Å²) in [4.78, 5) is 49.8. The Kier molecular flexibility index (Phi) is 8.41. The number of hydrogen-bond acceptors (Lipinski definition) is 7. The van der Waals surface area contributed by atoms with Crippen molar-refractivity contribution < 1.29 is 42.0 Å². The van der Waals surface area contributed by atoms with Crippen molar-refractivity contribution in [1.82, 2.24) is 5.32 Å². The van der Waals surface area contributed by atoms with Crippen molar-refractivity contribution in [2.75, 3.05) is 11.5 Å². The first-order valence-corrected chi connectivity index (χ1v) is 12.3. The molecule has 1 aliphatic heterocycles. The van der Waals surface area contributed by atoms with Crippen LogP contribution in [0.25, 0.3) is 6.08 Å². The first-order chi connectivity index (χ1) is 19.9. The van der Waals surface area contributed by atoms with E-state index in [-0.39, 0.29) is 41.4 Å². The number of carbonyl (C=O) groups excluding carboxylic acids is 3. The van der Waals surface area contributed by atoms with Gasteiger partial charge in [-0.2, -0.15) is 13.2 Å². The first-order valence-electron chi connectivity index (χ1n) is 12.3. The second kappa shape index (κ2) is 12.0. The average Bonchev–Trinajstić information content (AvgIpc) is 2.93. The summed E-state index contributed by atoms with van der Waals surface area (Å²) in [6, 6.07) is 11.8. The number of barbiturate groups is 1. The van der Waals surface area contributed by atoms with Gasteiger partial charge in [0.1, 0.15) is 5.57 Å². The molecule has 1 N–H and O–H groups in total. The number of hydrogen-bond donors (Lipinski definition) is 1. The summed E-state index contributed by atoms with van der Waals surface area (Å²) in [6.45, 7) is 5.41. The monoisotopic (exact) mass is 581 g/mol. The van der Waals surface area contributed by atoms with Crippen molar-refractivity contribution in [3.05, 3.63) is 106 Å². The highest BCUT2D eigenvalue weighted by Gasteiger charge is 2.37. The number of imide groups is 2. The average molecular weight is 582 g/mol. The molecule has 0 aromatic heterocycles. The molecule has 216 valence electrons. The first kappa shape index (κ1) is 29.5. The molecule has 3 aromatic carbocycles. The number of rotatable bonds is 9. The van der Waals surface area contributed by atoms with E-state index in [1.807, 2.05) is 0 Å². The van der Waals surface area contributed by atoms with E-state index in [0.717, 1.165) is 11.0 Å². The number of nitro benzene ring substituents is 1. The van der Waals surface area contributed by atoms with Crippen molar-refractivity contribution in [1.29, 1.82) is 0 Å². The SMILES string of the molecule is C=CCc1cc(/C=C2\C(=O)NC(=O)N(c3ccccc3)C2=O)cc(OCC)c1Oc1ccc(C(F)(F)F)cc1[N+](=O)[O-]. The van der Waals surface area contributed by atoms with E-state index in [1.165, 1.54) is 36.4 Å². The minimum absolute atomic E-state index is 0.0255. The van der Waals surface area contributed by atoms with Gasteiger partial charge in [0.25, 0.3) is 11.8 Å². The smallest absolute Gasteiger partial charge is 0.416 e. The highest BCUT2D eigenvalue weighted by atomic mass is 19.4. The molecule has 13 heteroatoms. The molecule has 1 aliphatic rings. The number of nitrogens with zero attached hydrogens (tertiary/aromatic N) is 2. The Balaban J connectivity index is 1.80. The third-order valence-electron chi connectivity index (χ3n) is 5.94. The lowest BCUT2D eigenvalue weighted by Gasteiger charge is -2.26. The molecule has 1 fully saturated rings. The number of alkyl halides is 3. The Hall–Kier alpha value is -5.46. The summed E-state index contributed by atoms with van der Waals surface area (Å²) in [5.41, 5.74) is -1.67. The number of nitrogens with one attached hydrogen (secondary N) is 1.